The Morgan fingerprint density at radius 2 is 2.20 bits per heavy atom. The van der Waals surface area contributed by atoms with Crippen LogP contribution in [0.3, 0.4) is 0 Å². The molecule has 0 unspecified atom stereocenters. The predicted octanol–water partition coefficient (Wildman–Crippen LogP) is 1.43. The molecule has 0 aromatic rings. The highest BCUT2D eigenvalue weighted by atomic mass is 32.1. The second kappa shape index (κ2) is 5.54. The molecule has 0 saturated carbocycles. The number of rotatable bonds is 4. The second-order valence-electron chi connectivity index (χ2n) is 2.55. The molecule has 0 bridgehead atoms. The first-order valence-electron chi connectivity index (χ1n) is 3.42. The fourth-order valence-electron chi connectivity index (χ4n) is 0.512. The molecule has 0 aliphatic carbocycles. The molecule has 0 spiro atoms. The van der Waals surface area contributed by atoms with E-state index in [1.54, 1.807) is 0 Å². The Hall–Kier alpha value is -0.240. The van der Waals surface area contributed by atoms with Gasteiger partial charge < -0.3 is 4.90 Å². The average molecular weight is 158 g/mol. The highest BCUT2D eigenvalue weighted by molar-refractivity contribution is 7.78. The number of likely N-dealkylation sites (N-methyl/N-ethyl adjacent to an activating group) is 1. The lowest BCUT2D eigenvalue weighted by Crippen LogP contribution is -2.28. The van der Waals surface area contributed by atoms with Crippen LogP contribution in [0, 0.1) is 0 Å². The molecule has 0 aliphatic heterocycles. The summed E-state index contributed by atoms with van der Waals surface area (Å²) in [5.41, 5.74) is 0. The van der Waals surface area contributed by atoms with Crippen molar-refractivity contribution in [3.05, 3.63) is 0 Å². The van der Waals surface area contributed by atoms with Crippen molar-refractivity contribution in [1.29, 1.82) is 0 Å². The van der Waals surface area contributed by atoms with Gasteiger partial charge in [-0.1, -0.05) is 0 Å². The molecule has 0 heterocycles. The molecule has 0 rings (SSSR count). The maximum Gasteiger partial charge on any atom is 0.0620 e. The van der Waals surface area contributed by atoms with E-state index in [0.717, 1.165) is 13.1 Å². The van der Waals surface area contributed by atoms with Crippen molar-refractivity contribution >= 4 is 17.4 Å². The van der Waals surface area contributed by atoms with Crippen molar-refractivity contribution in [3.8, 4) is 0 Å². The molecule has 0 amide bonds. The number of aliphatic imine (C=N–C) groups is 1. The minimum Gasteiger partial charge on any atom is -0.302 e. The van der Waals surface area contributed by atoms with E-state index in [2.05, 4.69) is 48.2 Å². The molecule has 0 atom stereocenters. The van der Waals surface area contributed by atoms with Crippen LogP contribution >= 0.6 is 12.2 Å². The van der Waals surface area contributed by atoms with Gasteiger partial charge >= 0.3 is 0 Å². The summed E-state index contributed by atoms with van der Waals surface area (Å²) in [7, 11) is 2.07. The minimum atomic E-state index is 0.584. The van der Waals surface area contributed by atoms with Gasteiger partial charge in [0.2, 0.25) is 0 Å². The summed E-state index contributed by atoms with van der Waals surface area (Å²) in [5.74, 6) is 0. The summed E-state index contributed by atoms with van der Waals surface area (Å²) < 4.78 is 0. The van der Waals surface area contributed by atoms with Crippen molar-refractivity contribution in [2.45, 2.75) is 19.9 Å². The van der Waals surface area contributed by atoms with Gasteiger partial charge in [-0.25, -0.2) is 4.99 Å². The van der Waals surface area contributed by atoms with E-state index in [9.17, 15) is 0 Å². The molecule has 0 N–H and O–H groups in total. The Kier molecular flexibility index (Phi) is 5.40. The molecule has 58 valence electrons. The lowest BCUT2D eigenvalue weighted by molar-refractivity contribution is 0.282. The van der Waals surface area contributed by atoms with E-state index in [1.807, 2.05) is 0 Å². The first-order valence-corrected chi connectivity index (χ1v) is 3.83. The largest absolute Gasteiger partial charge is 0.302 e. The zero-order valence-corrected chi connectivity index (χ0v) is 7.61. The van der Waals surface area contributed by atoms with Crippen molar-refractivity contribution in [3.63, 3.8) is 0 Å². The van der Waals surface area contributed by atoms with Crippen LogP contribution < -0.4 is 0 Å². The molecule has 3 heteroatoms. The summed E-state index contributed by atoms with van der Waals surface area (Å²) in [4.78, 5) is 6.04. The van der Waals surface area contributed by atoms with Gasteiger partial charge in [0, 0.05) is 12.6 Å². The molecular weight excluding hydrogens is 144 g/mol. The smallest absolute Gasteiger partial charge is 0.0620 e. The summed E-state index contributed by atoms with van der Waals surface area (Å²) in [5, 5.41) is 2.34. The van der Waals surface area contributed by atoms with Crippen molar-refractivity contribution in [1.82, 2.24) is 4.90 Å². The van der Waals surface area contributed by atoms with Gasteiger partial charge in [-0.15, -0.1) is 0 Å². The first-order chi connectivity index (χ1) is 4.68. The third-order valence-corrected chi connectivity index (χ3v) is 1.64. The molecule has 0 radical (unpaired) electrons. The van der Waals surface area contributed by atoms with Crippen molar-refractivity contribution < 1.29 is 0 Å². The van der Waals surface area contributed by atoms with Crippen LogP contribution in [-0.2, 0) is 0 Å². The highest BCUT2D eigenvalue weighted by Gasteiger charge is 1.99. The fraction of sp³-hybridized carbons (Fsp3) is 0.857. The third kappa shape index (κ3) is 4.62. The van der Waals surface area contributed by atoms with Crippen LogP contribution in [0.15, 0.2) is 4.99 Å². The van der Waals surface area contributed by atoms with E-state index >= 15 is 0 Å². The number of hydrogen-bond donors (Lipinski definition) is 0. The molecule has 10 heavy (non-hydrogen) atoms. The lowest BCUT2D eigenvalue weighted by atomic mass is 10.3. The van der Waals surface area contributed by atoms with Crippen molar-refractivity contribution in [2.75, 3.05) is 20.1 Å². The Bertz CT molecular complexity index is 128. The monoisotopic (exact) mass is 158 g/mol. The number of hydrogen-bond acceptors (Lipinski definition) is 3. The molecule has 0 fully saturated rings. The molecule has 0 aromatic heterocycles. The zero-order chi connectivity index (χ0) is 7.98. The minimum absolute atomic E-state index is 0.584. The standard InChI is InChI=1S/C7H14N2S/c1-7(2)9(3)5-4-8-6-10/h7H,4-5H2,1-3H3. The van der Waals surface area contributed by atoms with Crippen LogP contribution in [0.2, 0.25) is 0 Å². The number of isothiocyanates is 1. The van der Waals surface area contributed by atoms with E-state index in [4.69, 9.17) is 0 Å². The summed E-state index contributed by atoms with van der Waals surface area (Å²) in [6, 6.07) is 0.584. The van der Waals surface area contributed by atoms with Gasteiger partial charge in [0.05, 0.1) is 11.7 Å². The van der Waals surface area contributed by atoms with Crippen LogP contribution in [0.1, 0.15) is 13.8 Å². The number of nitrogens with zero attached hydrogens (tertiary/aromatic N) is 2. The molecule has 0 saturated heterocycles. The first kappa shape index (κ1) is 9.76. The van der Waals surface area contributed by atoms with Crippen LogP contribution in [0.25, 0.3) is 0 Å². The third-order valence-electron chi connectivity index (χ3n) is 1.51. The van der Waals surface area contributed by atoms with E-state index < -0.39 is 0 Å². The topological polar surface area (TPSA) is 15.6 Å². The molecule has 0 aliphatic rings. The second-order valence-corrected chi connectivity index (χ2v) is 2.73. The van der Waals surface area contributed by atoms with Crippen LogP contribution in [-0.4, -0.2) is 36.2 Å². The molecule has 0 aromatic carbocycles. The van der Waals surface area contributed by atoms with Crippen LogP contribution in [0.4, 0.5) is 0 Å². The molecule has 2 nitrogen and oxygen atoms in total. The van der Waals surface area contributed by atoms with Crippen LogP contribution in [0.5, 0.6) is 0 Å². The Labute approximate surface area is 67.9 Å². The van der Waals surface area contributed by atoms with Gasteiger partial charge in [-0.2, -0.15) is 0 Å². The molecular formula is C7H14N2S. The normalized spacial score (nSPS) is 10.1. The van der Waals surface area contributed by atoms with Gasteiger partial charge in [0.1, 0.15) is 0 Å². The highest BCUT2D eigenvalue weighted by Crippen LogP contribution is 1.91. The predicted molar refractivity (Wildman–Crippen MR) is 47.7 cm³/mol. The maximum atomic E-state index is 4.43. The van der Waals surface area contributed by atoms with Gasteiger partial charge in [0.15, 0.2) is 0 Å². The quantitative estimate of drug-likeness (QED) is 0.454. The summed E-state index contributed by atoms with van der Waals surface area (Å²) in [6.07, 6.45) is 0. The zero-order valence-electron chi connectivity index (χ0n) is 6.79. The SMILES string of the molecule is CC(C)N(C)CCN=C=S. The average Bonchev–Trinajstić information content (AvgIpc) is 1.88. The number of thiocarbonyl (C=S) groups is 1. The van der Waals surface area contributed by atoms with Crippen molar-refractivity contribution in [2.24, 2.45) is 4.99 Å². The Morgan fingerprint density at radius 1 is 1.60 bits per heavy atom. The summed E-state index contributed by atoms with van der Waals surface area (Å²) >= 11 is 4.43. The Morgan fingerprint density at radius 3 is 2.60 bits per heavy atom. The van der Waals surface area contributed by atoms with E-state index in [1.165, 1.54) is 0 Å². The van der Waals surface area contributed by atoms with Gasteiger partial charge in [0.25, 0.3) is 0 Å². The van der Waals surface area contributed by atoms with Gasteiger partial charge in [-0.3, -0.25) is 0 Å². The van der Waals surface area contributed by atoms with Gasteiger partial charge in [-0.05, 0) is 33.1 Å². The fourth-order valence-corrected chi connectivity index (χ4v) is 0.603. The maximum absolute atomic E-state index is 4.43. The van der Waals surface area contributed by atoms with E-state index in [-0.39, 0.29) is 0 Å². The van der Waals surface area contributed by atoms with E-state index in [0.29, 0.717) is 6.04 Å². The Balaban J connectivity index is 3.39. The summed E-state index contributed by atoms with van der Waals surface area (Å²) in [6.45, 7) is 6.03. The lowest BCUT2D eigenvalue weighted by Gasteiger charge is -2.18.